The van der Waals surface area contributed by atoms with Crippen LogP contribution in [-0.4, -0.2) is 0 Å². The largest absolute Gasteiger partial charge is 0.269 e. The first-order valence-electron chi connectivity index (χ1n) is 3.34. The minimum Gasteiger partial charge on any atom is -0.173 e. The summed E-state index contributed by atoms with van der Waals surface area (Å²) in [7, 11) is 0. The Bertz CT molecular complexity index is 136. The van der Waals surface area contributed by atoms with Crippen LogP contribution in [0.2, 0.25) is 0 Å². The minimum absolute atomic E-state index is 0.0342. The predicted octanol–water partition coefficient (Wildman–Crippen LogP) is 3.59. The van der Waals surface area contributed by atoms with Gasteiger partial charge in [0.2, 0.25) is 0 Å². The van der Waals surface area contributed by atoms with Crippen LogP contribution in [0.15, 0.2) is 11.7 Å². The van der Waals surface area contributed by atoms with Gasteiger partial charge in [-0.1, -0.05) is 20.8 Å². The average Bonchev–Trinajstić information content (AvgIpc) is 1.60. The third kappa shape index (κ3) is 4.48. The molecule has 0 rings (SSSR count). The van der Waals surface area contributed by atoms with Crippen molar-refractivity contribution in [1.82, 2.24) is 0 Å². The second-order valence-corrected chi connectivity index (χ2v) is 3.78. The lowest BCUT2D eigenvalue weighted by Gasteiger charge is -2.17. The van der Waals surface area contributed by atoms with Gasteiger partial charge < -0.3 is 0 Å². The Labute approximate surface area is 60.9 Å². The zero-order valence-electron chi connectivity index (χ0n) is 6.96. The van der Waals surface area contributed by atoms with Gasteiger partial charge in [-0.05, 0) is 24.3 Å². The third-order valence-corrected chi connectivity index (χ3v) is 1.12. The molecule has 0 atom stereocenters. The van der Waals surface area contributed by atoms with Crippen molar-refractivity contribution in [3.05, 3.63) is 11.7 Å². The van der Waals surface area contributed by atoms with E-state index in [1.807, 2.05) is 20.8 Å². The maximum absolute atomic E-state index is 11.8. The summed E-state index contributed by atoms with van der Waals surface area (Å²) < 4.78 is 23.7. The Kier molecular flexibility index (Phi) is 3.00. The molecule has 0 heterocycles. The van der Waals surface area contributed by atoms with Gasteiger partial charge in [0.15, 0.2) is 0 Å². The van der Waals surface area contributed by atoms with Crippen molar-refractivity contribution in [2.45, 2.75) is 34.1 Å². The van der Waals surface area contributed by atoms with Gasteiger partial charge in [-0.25, -0.2) is 0 Å². The number of hydrogen-bond acceptors (Lipinski definition) is 0. The van der Waals surface area contributed by atoms with Crippen LogP contribution in [0, 0.1) is 5.41 Å². The smallest absolute Gasteiger partial charge is 0.173 e. The molecule has 0 aromatic rings. The quantitative estimate of drug-likeness (QED) is 0.533. The number of halogens is 2. The summed E-state index contributed by atoms with van der Waals surface area (Å²) in [5.74, 6) is 0. The molecule has 0 aliphatic rings. The van der Waals surface area contributed by atoms with E-state index in [0.29, 0.717) is 6.42 Å². The molecule has 0 N–H and O–H groups in total. The Morgan fingerprint density at radius 1 is 1.20 bits per heavy atom. The lowest BCUT2D eigenvalue weighted by Crippen LogP contribution is -2.05. The Balaban J connectivity index is 4.06. The van der Waals surface area contributed by atoms with Crippen LogP contribution in [-0.2, 0) is 0 Å². The van der Waals surface area contributed by atoms with E-state index in [4.69, 9.17) is 0 Å². The zero-order chi connectivity index (χ0) is 8.36. The number of hydrogen-bond donors (Lipinski definition) is 0. The van der Waals surface area contributed by atoms with E-state index in [2.05, 4.69) is 0 Å². The monoisotopic (exact) mass is 148 g/mol. The number of allylic oxidation sites excluding steroid dienone is 1. The van der Waals surface area contributed by atoms with Crippen molar-refractivity contribution in [3.8, 4) is 0 Å². The highest BCUT2D eigenvalue weighted by molar-refractivity contribution is 5.00. The Morgan fingerprint density at radius 3 is 1.70 bits per heavy atom. The topological polar surface area (TPSA) is 0 Å². The molecule has 0 spiro atoms. The lowest BCUT2D eigenvalue weighted by molar-refractivity contribution is 0.366. The molecule has 2 heteroatoms. The molecule has 0 aliphatic heterocycles. The van der Waals surface area contributed by atoms with E-state index >= 15 is 0 Å². The highest BCUT2D eigenvalue weighted by Gasteiger charge is 2.13. The van der Waals surface area contributed by atoms with Crippen LogP contribution < -0.4 is 0 Å². The molecule has 0 radical (unpaired) electrons. The summed E-state index contributed by atoms with van der Waals surface area (Å²) in [5.41, 5.74) is 0.167. The second-order valence-electron chi connectivity index (χ2n) is 3.78. The molecule has 0 aromatic carbocycles. The van der Waals surface area contributed by atoms with E-state index in [0.717, 1.165) is 0 Å². The van der Waals surface area contributed by atoms with Gasteiger partial charge in [-0.3, -0.25) is 0 Å². The molecule has 0 aromatic heterocycles. The van der Waals surface area contributed by atoms with Crippen LogP contribution in [0.25, 0.3) is 0 Å². The second kappa shape index (κ2) is 3.13. The van der Waals surface area contributed by atoms with Crippen molar-refractivity contribution >= 4 is 0 Å². The van der Waals surface area contributed by atoms with Crippen LogP contribution in [0.1, 0.15) is 34.1 Å². The zero-order valence-corrected chi connectivity index (χ0v) is 6.96. The fraction of sp³-hybridized carbons (Fsp3) is 0.750. The molecular weight excluding hydrogens is 134 g/mol. The first-order valence-corrected chi connectivity index (χ1v) is 3.34. The maximum atomic E-state index is 11.8. The first-order chi connectivity index (χ1) is 4.33. The molecule has 0 amide bonds. The third-order valence-electron chi connectivity index (χ3n) is 1.12. The van der Waals surface area contributed by atoms with E-state index in [-0.39, 0.29) is 11.0 Å². The van der Waals surface area contributed by atoms with E-state index in [9.17, 15) is 8.78 Å². The molecule has 0 aliphatic carbocycles. The van der Waals surface area contributed by atoms with Crippen molar-refractivity contribution in [1.29, 1.82) is 0 Å². The van der Waals surface area contributed by atoms with Crippen molar-refractivity contribution in [2.24, 2.45) is 5.41 Å². The molecular formula is C8H14F2. The lowest BCUT2D eigenvalue weighted by atomic mass is 9.89. The van der Waals surface area contributed by atoms with Crippen molar-refractivity contribution < 1.29 is 8.78 Å². The summed E-state index contributed by atoms with van der Waals surface area (Å²) in [6.45, 7) is 7.30. The summed E-state index contributed by atoms with van der Waals surface area (Å²) in [6.07, 6.45) is -1.06. The summed E-state index contributed by atoms with van der Waals surface area (Å²) in [4.78, 5) is 0. The molecule has 0 bridgehead atoms. The van der Waals surface area contributed by atoms with Crippen LogP contribution in [0.4, 0.5) is 8.78 Å². The van der Waals surface area contributed by atoms with Crippen LogP contribution >= 0.6 is 0 Å². The summed E-state index contributed by atoms with van der Waals surface area (Å²) in [6, 6.07) is 0. The van der Waals surface area contributed by atoms with Crippen molar-refractivity contribution in [2.75, 3.05) is 0 Å². The maximum Gasteiger partial charge on any atom is 0.269 e. The van der Waals surface area contributed by atoms with Crippen molar-refractivity contribution in [3.63, 3.8) is 0 Å². The van der Waals surface area contributed by atoms with Gasteiger partial charge >= 0.3 is 0 Å². The standard InChI is InChI=1S/C8H14F2/c1-6(7(9)10)5-8(2,3)4/h5H2,1-4H3. The van der Waals surface area contributed by atoms with Gasteiger partial charge in [0.1, 0.15) is 0 Å². The molecule has 60 valence electrons. The van der Waals surface area contributed by atoms with Gasteiger partial charge in [0, 0.05) is 0 Å². The molecule has 0 nitrogen and oxygen atoms in total. The molecule has 0 saturated heterocycles. The fourth-order valence-electron chi connectivity index (χ4n) is 0.862. The van der Waals surface area contributed by atoms with Gasteiger partial charge in [0.25, 0.3) is 6.08 Å². The Morgan fingerprint density at radius 2 is 1.60 bits per heavy atom. The highest BCUT2D eigenvalue weighted by atomic mass is 19.3. The van der Waals surface area contributed by atoms with Gasteiger partial charge in [-0.15, -0.1) is 0 Å². The number of rotatable bonds is 1. The summed E-state index contributed by atoms with van der Waals surface area (Å²) >= 11 is 0. The molecule has 0 fully saturated rings. The Hall–Kier alpha value is -0.400. The van der Waals surface area contributed by atoms with E-state index in [1.54, 1.807) is 0 Å². The van der Waals surface area contributed by atoms with Gasteiger partial charge in [-0.2, -0.15) is 8.78 Å². The molecule has 0 unspecified atom stereocenters. The van der Waals surface area contributed by atoms with E-state index < -0.39 is 6.08 Å². The average molecular weight is 148 g/mol. The highest BCUT2D eigenvalue weighted by Crippen LogP contribution is 2.25. The first kappa shape index (κ1) is 9.60. The normalized spacial score (nSPS) is 11.4. The SMILES string of the molecule is CC(CC(C)(C)C)=C(F)F. The predicted molar refractivity (Wildman–Crippen MR) is 39.0 cm³/mol. The minimum atomic E-state index is -1.53. The van der Waals surface area contributed by atoms with Crippen LogP contribution in [0.3, 0.4) is 0 Å². The van der Waals surface area contributed by atoms with E-state index in [1.165, 1.54) is 6.92 Å². The fourth-order valence-corrected chi connectivity index (χ4v) is 0.862. The van der Waals surface area contributed by atoms with Gasteiger partial charge in [0.05, 0.1) is 0 Å². The van der Waals surface area contributed by atoms with Crippen LogP contribution in [0.5, 0.6) is 0 Å². The molecule has 10 heavy (non-hydrogen) atoms. The summed E-state index contributed by atoms with van der Waals surface area (Å²) in [5, 5.41) is 0. The molecule has 0 saturated carbocycles.